The van der Waals surface area contributed by atoms with Crippen molar-refractivity contribution >= 4 is 22.1 Å². The Morgan fingerprint density at radius 1 is 0.962 bits per heavy atom. The SMILES string of the molecule is O=C(Nc1nnc(-c2ccccc2)o1)c1ccc(S(F)(F)(F)(F)F)nc1. The lowest BCUT2D eigenvalue weighted by Crippen LogP contribution is -2.14. The third-order valence-electron chi connectivity index (χ3n) is 3.06. The fourth-order valence-electron chi connectivity index (χ4n) is 1.88. The minimum absolute atomic E-state index is 0.0414. The molecule has 26 heavy (non-hydrogen) atoms. The monoisotopic (exact) mass is 392 g/mol. The highest BCUT2D eigenvalue weighted by molar-refractivity contribution is 8.45. The van der Waals surface area contributed by atoms with E-state index < -0.39 is 26.7 Å². The van der Waals surface area contributed by atoms with Gasteiger partial charge in [0.1, 0.15) is 0 Å². The molecule has 0 aliphatic carbocycles. The molecule has 6 nitrogen and oxygen atoms in total. The number of hydrogen-bond donors (Lipinski definition) is 1. The first-order chi connectivity index (χ1) is 11.9. The first-order valence-corrected chi connectivity index (χ1v) is 8.78. The lowest BCUT2D eigenvalue weighted by molar-refractivity contribution is 0.102. The van der Waals surface area contributed by atoms with Gasteiger partial charge in [-0.25, -0.2) is 4.98 Å². The Morgan fingerprint density at radius 2 is 1.65 bits per heavy atom. The normalized spacial score (nSPS) is 14.3. The maximum absolute atomic E-state index is 12.6. The molecule has 1 amide bonds. The van der Waals surface area contributed by atoms with Gasteiger partial charge in [0.2, 0.25) is 5.89 Å². The van der Waals surface area contributed by atoms with E-state index in [1.807, 2.05) is 0 Å². The van der Waals surface area contributed by atoms with Crippen molar-refractivity contribution in [3.8, 4) is 11.5 Å². The van der Waals surface area contributed by atoms with E-state index in [-0.39, 0.29) is 18.0 Å². The summed E-state index contributed by atoms with van der Waals surface area (Å²) in [6, 6.07) is 8.89. The van der Waals surface area contributed by atoms with Gasteiger partial charge < -0.3 is 4.42 Å². The molecule has 0 aliphatic rings. The Labute approximate surface area is 142 Å². The molecule has 0 radical (unpaired) electrons. The van der Waals surface area contributed by atoms with Gasteiger partial charge >= 0.3 is 16.2 Å². The molecule has 12 heteroatoms. The summed E-state index contributed by atoms with van der Waals surface area (Å²) in [5.74, 6) is -0.843. The molecular weight excluding hydrogens is 383 g/mol. The number of pyridine rings is 1. The van der Waals surface area contributed by atoms with Crippen LogP contribution in [0.25, 0.3) is 11.5 Å². The van der Waals surface area contributed by atoms with Crippen LogP contribution in [0, 0.1) is 0 Å². The number of rotatable bonds is 4. The number of aromatic nitrogens is 3. The fraction of sp³-hybridized carbons (Fsp3) is 0. The zero-order valence-electron chi connectivity index (χ0n) is 12.6. The lowest BCUT2D eigenvalue weighted by atomic mass is 10.2. The number of carbonyl (C=O) groups excluding carboxylic acids is 1. The Kier molecular flexibility index (Phi) is 3.58. The molecule has 0 unspecified atom stereocenters. The number of amides is 1. The Hall–Kier alpha value is -3.02. The van der Waals surface area contributed by atoms with Crippen molar-refractivity contribution in [3.63, 3.8) is 0 Å². The summed E-state index contributed by atoms with van der Waals surface area (Å²) in [7, 11) is -9.89. The Balaban J connectivity index is 1.76. The zero-order valence-corrected chi connectivity index (χ0v) is 13.4. The summed E-state index contributed by atoms with van der Waals surface area (Å²) in [6.45, 7) is 0. The van der Waals surface area contributed by atoms with E-state index in [4.69, 9.17) is 4.42 Å². The van der Waals surface area contributed by atoms with E-state index in [9.17, 15) is 24.2 Å². The topological polar surface area (TPSA) is 80.9 Å². The van der Waals surface area contributed by atoms with E-state index in [0.717, 1.165) is 0 Å². The Bertz CT molecular complexity index is 959. The first-order valence-electron chi connectivity index (χ1n) is 6.83. The van der Waals surface area contributed by atoms with Crippen LogP contribution in [0.1, 0.15) is 10.4 Å². The highest BCUT2D eigenvalue weighted by Gasteiger charge is 2.67. The minimum Gasteiger partial charge on any atom is -0.403 e. The third kappa shape index (κ3) is 3.96. The maximum Gasteiger partial charge on any atom is 0.325 e. The van der Waals surface area contributed by atoms with Crippen LogP contribution in [0.15, 0.2) is 58.1 Å². The van der Waals surface area contributed by atoms with Crippen molar-refractivity contribution in [1.82, 2.24) is 15.2 Å². The summed E-state index contributed by atoms with van der Waals surface area (Å²) in [6.07, 6.45) is 0.386. The van der Waals surface area contributed by atoms with Crippen molar-refractivity contribution in [3.05, 3.63) is 54.2 Å². The predicted octanol–water partition coefficient (Wildman–Crippen LogP) is 5.04. The van der Waals surface area contributed by atoms with Gasteiger partial charge in [-0.15, -0.1) is 5.10 Å². The van der Waals surface area contributed by atoms with Crippen molar-refractivity contribution in [1.29, 1.82) is 0 Å². The van der Waals surface area contributed by atoms with Gasteiger partial charge in [0.25, 0.3) is 5.91 Å². The van der Waals surface area contributed by atoms with Crippen LogP contribution in [-0.2, 0) is 0 Å². The van der Waals surface area contributed by atoms with Gasteiger partial charge in [-0.05, 0) is 24.3 Å². The van der Waals surface area contributed by atoms with Crippen LogP contribution >= 0.6 is 10.2 Å². The summed E-state index contributed by atoms with van der Waals surface area (Å²) in [5.41, 5.74) is 0.192. The second-order valence-corrected chi connectivity index (χ2v) is 7.44. The lowest BCUT2D eigenvalue weighted by Gasteiger charge is -2.39. The third-order valence-corrected chi connectivity index (χ3v) is 4.09. The average molecular weight is 392 g/mol. The number of benzene rings is 1. The molecule has 0 aliphatic heterocycles. The first kappa shape index (κ1) is 17.8. The van der Waals surface area contributed by atoms with E-state index in [1.165, 1.54) is 0 Å². The van der Waals surface area contributed by atoms with E-state index in [2.05, 4.69) is 20.5 Å². The van der Waals surface area contributed by atoms with Crippen molar-refractivity contribution in [2.75, 3.05) is 5.32 Å². The van der Waals surface area contributed by atoms with Crippen LogP contribution < -0.4 is 5.32 Å². The molecule has 0 saturated carbocycles. The molecule has 138 valence electrons. The van der Waals surface area contributed by atoms with E-state index in [1.54, 1.807) is 30.3 Å². The van der Waals surface area contributed by atoms with Crippen LogP contribution in [0.4, 0.5) is 25.4 Å². The van der Waals surface area contributed by atoms with Crippen LogP contribution in [0.5, 0.6) is 0 Å². The number of nitrogens with zero attached hydrogens (tertiary/aromatic N) is 3. The Morgan fingerprint density at radius 3 is 2.23 bits per heavy atom. The van der Waals surface area contributed by atoms with Crippen LogP contribution in [-0.4, -0.2) is 21.1 Å². The number of carbonyl (C=O) groups is 1. The predicted molar refractivity (Wildman–Crippen MR) is 83.3 cm³/mol. The van der Waals surface area contributed by atoms with Gasteiger partial charge in [-0.1, -0.05) is 42.7 Å². The molecule has 0 spiro atoms. The number of hydrogen-bond acceptors (Lipinski definition) is 5. The second kappa shape index (κ2) is 5.24. The van der Waals surface area contributed by atoms with Gasteiger partial charge in [0.15, 0.2) is 5.03 Å². The van der Waals surface area contributed by atoms with Crippen LogP contribution in [0.3, 0.4) is 0 Å². The molecule has 3 rings (SSSR count). The molecule has 1 aromatic carbocycles. The summed E-state index contributed by atoms with van der Waals surface area (Å²) < 4.78 is 68.2. The molecule has 0 fully saturated rings. The number of anilines is 1. The van der Waals surface area contributed by atoms with Gasteiger partial charge in [-0.2, -0.15) is 0 Å². The highest BCUT2D eigenvalue weighted by atomic mass is 32.5. The fourth-order valence-corrected chi connectivity index (χ4v) is 2.46. The van der Waals surface area contributed by atoms with Crippen LogP contribution in [0.2, 0.25) is 0 Å². The van der Waals surface area contributed by atoms with Crippen molar-refractivity contribution in [2.45, 2.75) is 5.03 Å². The average Bonchev–Trinajstić information content (AvgIpc) is 3.02. The standard InChI is InChI=1S/C14H9F5N4O2S/c15-26(16,17,18,19)11-7-6-10(8-20-11)12(24)21-14-23-22-13(25-14)9-4-2-1-3-5-9/h1-8H,(H,21,23,24). The molecule has 3 aromatic rings. The second-order valence-electron chi connectivity index (χ2n) is 5.09. The number of halogens is 5. The van der Waals surface area contributed by atoms with Crippen molar-refractivity contribution < 1.29 is 28.6 Å². The molecule has 0 bridgehead atoms. The van der Waals surface area contributed by atoms with E-state index >= 15 is 0 Å². The quantitative estimate of drug-likeness (QED) is 0.629. The molecule has 0 atom stereocenters. The summed E-state index contributed by atoms with van der Waals surface area (Å²) in [5, 5.41) is 7.10. The number of nitrogens with one attached hydrogen (secondary N) is 1. The van der Waals surface area contributed by atoms with Gasteiger partial charge in [0, 0.05) is 11.8 Å². The smallest absolute Gasteiger partial charge is 0.325 e. The highest BCUT2D eigenvalue weighted by Crippen LogP contribution is 3.01. The largest absolute Gasteiger partial charge is 0.403 e. The molecule has 2 heterocycles. The maximum atomic E-state index is 12.6. The minimum atomic E-state index is -9.89. The molecule has 1 N–H and O–H groups in total. The zero-order chi connectivity index (χ0) is 19.1. The van der Waals surface area contributed by atoms with Gasteiger partial charge in [-0.3, -0.25) is 10.1 Å². The van der Waals surface area contributed by atoms with Crippen molar-refractivity contribution in [2.24, 2.45) is 0 Å². The molecular formula is C14H9F5N4O2S. The van der Waals surface area contributed by atoms with E-state index in [0.29, 0.717) is 17.8 Å². The summed E-state index contributed by atoms with van der Waals surface area (Å²) >= 11 is 0. The molecule has 0 saturated heterocycles. The van der Waals surface area contributed by atoms with Gasteiger partial charge in [0.05, 0.1) is 5.56 Å². The summed E-state index contributed by atoms with van der Waals surface area (Å²) in [4.78, 5) is 14.6. The molecule has 2 aromatic heterocycles.